The molecular formula is C17H23N3OS. The summed E-state index contributed by atoms with van der Waals surface area (Å²) in [5.74, 6) is 1.95. The minimum absolute atomic E-state index is 0.0325. The number of aromatic nitrogens is 2. The second-order valence-electron chi connectivity index (χ2n) is 5.84. The number of aromatic amines is 1. The Labute approximate surface area is 135 Å². The van der Waals surface area contributed by atoms with E-state index in [0.29, 0.717) is 10.6 Å². The molecule has 0 amide bonds. The smallest absolute Gasteiger partial charge is 0.258 e. The molecule has 1 aliphatic rings. The van der Waals surface area contributed by atoms with Crippen LogP contribution in [0.3, 0.4) is 0 Å². The van der Waals surface area contributed by atoms with Gasteiger partial charge in [0.05, 0.1) is 17.4 Å². The third kappa shape index (κ3) is 3.70. The molecule has 0 aliphatic carbocycles. The molecule has 1 saturated heterocycles. The van der Waals surface area contributed by atoms with Crippen molar-refractivity contribution in [2.75, 3.05) is 18.8 Å². The first-order valence-corrected chi connectivity index (χ1v) is 9.13. The third-order valence-corrected chi connectivity index (χ3v) is 5.34. The van der Waals surface area contributed by atoms with Crippen molar-refractivity contribution in [3.63, 3.8) is 0 Å². The molecule has 0 radical (unpaired) electrons. The quantitative estimate of drug-likeness (QED) is 0.941. The number of benzene rings is 1. The highest BCUT2D eigenvalue weighted by molar-refractivity contribution is 7.99. The van der Waals surface area contributed by atoms with Gasteiger partial charge in [-0.3, -0.25) is 9.69 Å². The lowest BCUT2D eigenvalue weighted by atomic mass is 10.2. The van der Waals surface area contributed by atoms with E-state index >= 15 is 0 Å². The van der Waals surface area contributed by atoms with Crippen LogP contribution >= 0.6 is 11.8 Å². The van der Waals surface area contributed by atoms with Crippen molar-refractivity contribution < 1.29 is 0 Å². The lowest BCUT2D eigenvalue weighted by Crippen LogP contribution is -2.31. The molecule has 2 aromatic rings. The third-order valence-electron chi connectivity index (χ3n) is 4.15. The fraction of sp³-hybridized carbons (Fsp3) is 0.529. The summed E-state index contributed by atoms with van der Waals surface area (Å²) in [6.45, 7) is 5.15. The zero-order valence-corrected chi connectivity index (χ0v) is 13.9. The van der Waals surface area contributed by atoms with Crippen molar-refractivity contribution in [3.05, 3.63) is 40.4 Å². The minimum atomic E-state index is -0.0325. The summed E-state index contributed by atoms with van der Waals surface area (Å²) in [5, 5.41) is 1.38. The Kier molecular flexibility index (Phi) is 5.16. The van der Waals surface area contributed by atoms with Crippen LogP contribution in [0.25, 0.3) is 10.9 Å². The Balaban J connectivity index is 1.78. The molecule has 1 aromatic heterocycles. The van der Waals surface area contributed by atoms with Crippen molar-refractivity contribution in [2.45, 2.75) is 38.0 Å². The van der Waals surface area contributed by atoms with Gasteiger partial charge in [0.1, 0.15) is 5.82 Å². The highest BCUT2D eigenvalue weighted by Crippen LogP contribution is 2.22. The summed E-state index contributed by atoms with van der Waals surface area (Å²) >= 11 is 2.05. The summed E-state index contributed by atoms with van der Waals surface area (Å²) in [6.07, 6.45) is 3.84. The van der Waals surface area contributed by atoms with E-state index in [1.807, 2.05) is 24.3 Å². The maximum Gasteiger partial charge on any atom is 0.258 e. The number of para-hydroxylation sites is 1. The summed E-state index contributed by atoms with van der Waals surface area (Å²) in [6, 6.07) is 7.54. The highest BCUT2D eigenvalue weighted by atomic mass is 32.2. The molecule has 118 valence electrons. The van der Waals surface area contributed by atoms with E-state index in [9.17, 15) is 4.79 Å². The Morgan fingerprint density at radius 2 is 2.23 bits per heavy atom. The van der Waals surface area contributed by atoms with Gasteiger partial charge >= 0.3 is 0 Å². The number of nitrogens with zero attached hydrogens (tertiary/aromatic N) is 2. The van der Waals surface area contributed by atoms with E-state index in [2.05, 4.69) is 33.6 Å². The topological polar surface area (TPSA) is 49.0 Å². The maximum absolute atomic E-state index is 12.2. The maximum atomic E-state index is 12.2. The van der Waals surface area contributed by atoms with Gasteiger partial charge in [-0.2, -0.15) is 11.8 Å². The largest absolute Gasteiger partial charge is 0.309 e. The van der Waals surface area contributed by atoms with E-state index in [-0.39, 0.29) is 5.56 Å². The standard InChI is InChI=1S/C17H23N3OS/c1-2-22-13-7-5-6-10-20(11-13)12-16-18-15-9-4-3-8-14(15)17(21)19-16/h3-4,8-9,13H,2,5-7,10-12H2,1H3,(H,18,19,21)/t13-/m0/s1. The van der Waals surface area contributed by atoms with Gasteiger partial charge in [0.2, 0.25) is 0 Å². The van der Waals surface area contributed by atoms with E-state index in [1.54, 1.807) is 0 Å². The monoisotopic (exact) mass is 317 g/mol. The van der Waals surface area contributed by atoms with Crippen LogP contribution in [0, 0.1) is 0 Å². The zero-order valence-electron chi connectivity index (χ0n) is 13.0. The fourth-order valence-electron chi connectivity index (χ4n) is 3.11. The van der Waals surface area contributed by atoms with Crippen molar-refractivity contribution in [1.29, 1.82) is 0 Å². The van der Waals surface area contributed by atoms with Gasteiger partial charge in [-0.15, -0.1) is 0 Å². The predicted octanol–water partition coefficient (Wildman–Crippen LogP) is 3.03. The zero-order chi connectivity index (χ0) is 15.4. The van der Waals surface area contributed by atoms with Crippen LogP contribution in [-0.4, -0.2) is 39.0 Å². The summed E-state index contributed by atoms with van der Waals surface area (Å²) < 4.78 is 0. The first kappa shape index (κ1) is 15.6. The second-order valence-corrected chi connectivity index (χ2v) is 7.42. The molecule has 1 fully saturated rings. The van der Waals surface area contributed by atoms with Gasteiger partial charge in [0.15, 0.2) is 0 Å². The van der Waals surface area contributed by atoms with Crippen molar-refractivity contribution in [1.82, 2.24) is 14.9 Å². The molecule has 1 N–H and O–H groups in total. The van der Waals surface area contributed by atoms with E-state index < -0.39 is 0 Å². The highest BCUT2D eigenvalue weighted by Gasteiger charge is 2.19. The van der Waals surface area contributed by atoms with Crippen molar-refractivity contribution in [3.8, 4) is 0 Å². The van der Waals surface area contributed by atoms with E-state index in [4.69, 9.17) is 0 Å². The van der Waals surface area contributed by atoms with Crippen LogP contribution in [0.4, 0.5) is 0 Å². The lowest BCUT2D eigenvalue weighted by Gasteiger charge is -2.23. The number of likely N-dealkylation sites (tertiary alicyclic amines) is 1. The molecule has 0 saturated carbocycles. The van der Waals surface area contributed by atoms with E-state index in [1.165, 1.54) is 25.0 Å². The molecule has 0 bridgehead atoms. The Hall–Kier alpha value is -1.33. The van der Waals surface area contributed by atoms with Crippen LogP contribution in [-0.2, 0) is 6.54 Å². The SMILES string of the molecule is CCS[C@H]1CCCCN(Cc2nc3ccccc3c(=O)[nH]2)C1. The van der Waals surface area contributed by atoms with Gasteiger partial charge in [-0.05, 0) is 37.3 Å². The molecule has 1 aromatic carbocycles. The van der Waals surface area contributed by atoms with Crippen molar-refractivity contribution in [2.24, 2.45) is 0 Å². The average Bonchev–Trinajstić information content (AvgIpc) is 2.73. The normalized spacial score (nSPS) is 20.1. The molecular weight excluding hydrogens is 294 g/mol. The molecule has 5 heteroatoms. The van der Waals surface area contributed by atoms with Gasteiger partial charge in [0, 0.05) is 11.8 Å². The second kappa shape index (κ2) is 7.29. The molecule has 0 spiro atoms. The lowest BCUT2D eigenvalue weighted by molar-refractivity contribution is 0.273. The Bertz CT molecular complexity index is 685. The van der Waals surface area contributed by atoms with Crippen LogP contribution in [0.15, 0.2) is 29.1 Å². The van der Waals surface area contributed by atoms with Crippen LogP contribution < -0.4 is 5.56 Å². The van der Waals surface area contributed by atoms with Gasteiger partial charge in [0.25, 0.3) is 5.56 Å². The summed E-state index contributed by atoms with van der Waals surface area (Å²) in [7, 11) is 0. The minimum Gasteiger partial charge on any atom is -0.309 e. The van der Waals surface area contributed by atoms with Gasteiger partial charge in [-0.1, -0.05) is 25.5 Å². The summed E-state index contributed by atoms with van der Waals surface area (Å²) in [5.41, 5.74) is 0.755. The number of thioether (sulfide) groups is 1. The van der Waals surface area contributed by atoms with Crippen LogP contribution in [0.5, 0.6) is 0 Å². The van der Waals surface area contributed by atoms with Crippen molar-refractivity contribution >= 4 is 22.7 Å². The average molecular weight is 317 g/mol. The number of rotatable bonds is 4. The number of hydrogen-bond donors (Lipinski definition) is 1. The molecule has 2 heterocycles. The number of hydrogen-bond acceptors (Lipinski definition) is 4. The Morgan fingerprint density at radius 1 is 1.36 bits per heavy atom. The molecule has 3 rings (SSSR count). The number of fused-ring (bicyclic) bond motifs is 1. The van der Waals surface area contributed by atoms with Gasteiger partial charge < -0.3 is 4.98 Å². The Morgan fingerprint density at radius 3 is 3.09 bits per heavy atom. The molecule has 1 aliphatic heterocycles. The number of nitrogens with one attached hydrogen (secondary N) is 1. The molecule has 1 atom stereocenters. The van der Waals surface area contributed by atoms with Gasteiger partial charge in [-0.25, -0.2) is 4.98 Å². The van der Waals surface area contributed by atoms with Crippen LogP contribution in [0.1, 0.15) is 32.0 Å². The predicted molar refractivity (Wildman–Crippen MR) is 93.4 cm³/mol. The van der Waals surface area contributed by atoms with E-state index in [0.717, 1.165) is 31.0 Å². The first-order valence-electron chi connectivity index (χ1n) is 8.08. The summed E-state index contributed by atoms with van der Waals surface area (Å²) in [4.78, 5) is 22.2. The number of H-pyrrole nitrogens is 1. The molecule has 22 heavy (non-hydrogen) atoms. The molecule has 4 nitrogen and oxygen atoms in total. The van der Waals surface area contributed by atoms with Crippen LogP contribution in [0.2, 0.25) is 0 Å². The fourth-order valence-corrected chi connectivity index (χ4v) is 4.24. The first-order chi connectivity index (χ1) is 10.8. The molecule has 0 unspecified atom stereocenters.